The molecule has 3 nitrogen and oxygen atoms in total. The summed E-state index contributed by atoms with van der Waals surface area (Å²) in [5, 5.41) is 0. The number of hydrogen-bond donors (Lipinski definition) is 1. The van der Waals surface area contributed by atoms with Crippen LogP contribution in [0.5, 0.6) is 0 Å². The Morgan fingerprint density at radius 2 is 2.11 bits per heavy atom. The molecule has 0 unspecified atom stereocenters. The van der Waals surface area contributed by atoms with Crippen LogP contribution in [0.3, 0.4) is 0 Å². The van der Waals surface area contributed by atoms with E-state index >= 15 is 0 Å². The fourth-order valence-electron chi connectivity index (χ4n) is 3.24. The molecule has 18 heavy (non-hydrogen) atoms. The van der Waals surface area contributed by atoms with Crippen molar-refractivity contribution in [3.8, 4) is 0 Å². The molecule has 3 heteroatoms. The van der Waals surface area contributed by atoms with E-state index in [1.54, 1.807) is 0 Å². The Hall–Kier alpha value is -0.830. The predicted octanol–water partition coefficient (Wildman–Crippen LogP) is 3.13. The highest BCUT2D eigenvalue weighted by molar-refractivity contribution is 5.02. The number of nitrogens with zero attached hydrogens (tertiary/aromatic N) is 2. The Bertz CT molecular complexity index is 362. The second-order valence-corrected chi connectivity index (χ2v) is 5.90. The highest BCUT2D eigenvalue weighted by atomic mass is 15.1. The monoisotopic (exact) mass is 249 g/mol. The molecule has 0 aliphatic heterocycles. The molecule has 1 fully saturated rings. The van der Waals surface area contributed by atoms with E-state index in [-0.39, 0.29) is 5.54 Å². The molecule has 102 valence electrons. The van der Waals surface area contributed by atoms with Gasteiger partial charge < -0.3 is 10.3 Å². The van der Waals surface area contributed by atoms with E-state index in [1.807, 2.05) is 6.20 Å². The maximum absolute atomic E-state index is 6.58. The third-order valence-corrected chi connectivity index (χ3v) is 4.45. The van der Waals surface area contributed by atoms with Gasteiger partial charge in [0.1, 0.15) is 5.82 Å². The fraction of sp³-hybridized carbons (Fsp3) is 0.800. The van der Waals surface area contributed by atoms with Crippen molar-refractivity contribution in [3.05, 3.63) is 18.2 Å². The number of aryl methyl sites for hydroxylation is 1. The van der Waals surface area contributed by atoms with Gasteiger partial charge in [0.15, 0.2) is 0 Å². The van der Waals surface area contributed by atoms with E-state index < -0.39 is 0 Å². The van der Waals surface area contributed by atoms with Crippen LogP contribution >= 0.6 is 0 Å². The van der Waals surface area contributed by atoms with E-state index in [1.165, 1.54) is 25.7 Å². The first-order valence-electron chi connectivity index (χ1n) is 7.46. The Morgan fingerprint density at radius 1 is 1.39 bits per heavy atom. The summed E-state index contributed by atoms with van der Waals surface area (Å²) in [5.74, 6) is 2.08. The van der Waals surface area contributed by atoms with E-state index in [4.69, 9.17) is 5.73 Å². The van der Waals surface area contributed by atoms with Gasteiger partial charge >= 0.3 is 0 Å². The van der Waals surface area contributed by atoms with Crippen LogP contribution in [-0.2, 0) is 13.0 Å². The lowest BCUT2D eigenvalue weighted by Gasteiger charge is -2.37. The van der Waals surface area contributed by atoms with Crippen molar-refractivity contribution in [1.29, 1.82) is 0 Å². The zero-order chi connectivity index (χ0) is 13.0. The molecule has 2 N–H and O–H groups in total. The normalized spacial score (nSPS) is 28.5. The molecule has 0 aromatic carbocycles. The minimum Gasteiger partial charge on any atom is -0.335 e. The van der Waals surface area contributed by atoms with Gasteiger partial charge in [-0.2, -0.15) is 0 Å². The van der Waals surface area contributed by atoms with Crippen molar-refractivity contribution in [2.75, 3.05) is 0 Å². The fourth-order valence-corrected chi connectivity index (χ4v) is 3.24. The van der Waals surface area contributed by atoms with Gasteiger partial charge in [-0.05, 0) is 38.5 Å². The Labute approximate surface area is 111 Å². The maximum Gasteiger partial charge on any atom is 0.110 e. The first-order valence-corrected chi connectivity index (χ1v) is 7.46. The van der Waals surface area contributed by atoms with Crippen molar-refractivity contribution >= 4 is 0 Å². The van der Waals surface area contributed by atoms with Crippen molar-refractivity contribution in [3.63, 3.8) is 0 Å². The van der Waals surface area contributed by atoms with Gasteiger partial charge in [-0.1, -0.05) is 19.8 Å². The highest BCUT2D eigenvalue weighted by Gasteiger charge is 2.32. The maximum atomic E-state index is 6.58. The van der Waals surface area contributed by atoms with Gasteiger partial charge in [0.25, 0.3) is 0 Å². The summed E-state index contributed by atoms with van der Waals surface area (Å²) >= 11 is 0. The van der Waals surface area contributed by atoms with E-state index in [0.29, 0.717) is 0 Å². The predicted molar refractivity (Wildman–Crippen MR) is 75.4 cm³/mol. The zero-order valence-electron chi connectivity index (χ0n) is 11.9. The smallest absolute Gasteiger partial charge is 0.110 e. The molecule has 0 bridgehead atoms. The number of aromatic nitrogens is 2. The van der Waals surface area contributed by atoms with Gasteiger partial charge in [-0.3, -0.25) is 0 Å². The number of hydrogen-bond acceptors (Lipinski definition) is 2. The van der Waals surface area contributed by atoms with E-state index in [0.717, 1.165) is 37.5 Å². The molecule has 0 saturated heterocycles. The van der Waals surface area contributed by atoms with Gasteiger partial charge in [0.2, 0.25) is 0 Å². The minimum absolute atomic E-state index is 0.0114. The summed E-state index contributed by atoms with van der Waals surface area (Å²) in [6.07, 6.45) is 12.5. The molecule has 1 heterocycles. The quantitative estimate of drug-likeness (QED) is 0.871. The van der Waals surface area contributed by atoms with Crippen LogP contribution in [0, 0.1) is 5.92 Å². The standard InChI is InChI=1S/C15H27N3/c1-3-5-13-6-8-15(16,9-7-13)12-14-17-10-11-18(14)4-2/h10-11,13H,3-9,12,16H2,1-2H3. The summed E-state index contributed by atoms with van der Waals surface area (Å²) in [6.45, 7) is 5.43. The Morgan fingerprint density at radius 3 is 2.72 bits per heavy atom. The molecule has 1 saturated carbocycles. The highest BCUT2D eigenvalue weighted by Crippen LogP contribution is 2.34. The van der Waals surface area contributed by atoms with Crippen molar-refractivity contribution in [1.82, 2.24) is 9.55 Å². The molecule has 0 amide bonds. The van der Waals surface area contributed by atoms with Crippen LogP contribution in [0.1, 0.15) is 58.2 Å². The van der Waals surface area contributed by atoms with Crippen LogP contribution in [0.4, 0.5) is 0 Å². The first kappa shape index (κ1) is 13.6. The zero-order valence-corrected chi connectivity index (χ0v) is 11.9. The molecule has 0 spiro atoms. The molecule has 0 radical (unpaired) electrons. The largest absolute Gasteiger partial charge is 0.335 e. The van der Waals surface area contributed by atoms with Crippen LogP contribution in [-0.4, -0.2) is 15.1 Å². The first-order chi connectivity index (χ1) is 8.67. The molecule has 1 aromatic rings. The average Bonchev–Trinajstić information content (AvgIpc) is 2.79. The number of nitrogens with two attached hydrogens (primary N) is 1. The Balaban J connectivity index is 1.93. The number of imidazole rings is 1. The molecular weight excluding hydrogens is 222 g/mol. The van der Waals surface area contributed by atoms with Gasteiger partial charge in [0, 0.05) is 30.9 Å². The van der Waals surface area contributed by atoms with Crippen LogP contribution in [0.15, 0.2) is 12.4 Å². The second kappa shape index (κ2) is 5.87. The second-order valence-electron chi connectivity index (χ2n) is 5.90. The van der Waals surface area contributed by atoms with Gasteiger partial charge in [-0.15, -0.1) is 0 Å². The third-order valence-electron chi connectivity index (χ3n) is 4.45. The summed E-state index contributed by atoms with van der Waals surface area (Å²) in [5.41, 5.74) is 6.57. The average molecular weight is 249 g/mol. The Kier molecular flexibility index (Phi) is 4.44. The van der Waals surface area contributed by atoms with Crippen LogP contribution < -0.4 is 5.73 Å². The molecule has 1 aliphatic carbocycles. The van der Waals surface area contributed by atoms with Gasteiger partial charge in [-0.25, -0.2) is 4.98 Å². The minimum atomic E-state index is -0.0114. The SMILES string of the molecule is CCCC1CCC(N)(Cc2nccn2CC)CC1. The van der Waals surface area contributed by atoms with Gasteiger partial charge in [0.05, 0.1) is 0 Å². The summed E-state index contributed by atoms with van der Waals surface area (Å²) in [7, 11) is 0. The van der Waals surface area contributed by atoms with Crippen molar-refractivity contribution in [2.45, 2.75) is 70.9 Å². The number of rotatable bonds is 5. The molecule has 2 rings (SSSR count). The summed E-state index contributed by atoms with van der Waals surface area (Å²) in [6, 6.07) is 0. The summed E-state index contributed by atoms with van der Waals surface area (Å²) < 4.78 is 2.22. The lowest BCUT2D eigenvalue weighted by atomic mass is 9.74. The lowest BCUT2D eigenvalue weighted by Crippen LogP contribution is -2.45. The van der Waals surface area contributed by atoms with Crippen molar-refractivity contribution in [2.24, 2.45) is 11.7 Å². The van der Waals surface area contributed by atoms with Crippen LogP contribution in [0.25, 0.3) is 0 Å². The lowest BCUT2D eigenvalue weighted by molar-refractivity contribution is 0.219. The molecule has 0 atom stereocenters. The van der Waals surface area contributed by atoms with E-state index in [2.05, 4.69) is 29.6 Å². The molecular formula is C15H27N3. The van der Waals surface area contributed by atoms with E-state index in [9.17, 15) is 0 Å². The molecule has 1 aliphatic rings. The third kappa shape index (κ3) is 3.14. The summed E-state index contributed by atoms with van der Waals surface area (Å²) in [4.78, 5) is 4.46. The van der Waals surface area contributed by atoms with Crippen LogP contribution in [0.2, 0.25) is 0 Å². The molecule has 1 aromatic heterocycles. The van der Waals surface area contributed by atoms with Crippen molar-refractivity contribution < 1.29 is 0 Å². The topological polar surface area (TPSA) is 43.8 Å².